The summed E-state index contributed by atoms with van der Waals surface area (Å²) in [7, 11) is 0. The van der Waals surface area contributed by atoms with E-state index in [2.05, 4.69) is 10.1 Å². The van der Waals surface area contributed by atoms with Crippen LogP contribution in [0.2, 0.25) is 0 Å². The van der Waals surface area contributed by atoms with Gasteiger partial charge in [-0.3, -0.25) is 4.79 Å². The summed E-state index contributed by atoms with van der Waals surface area (Å²) >= 11 is 0. The van der Waals surface area contributed by atoms with Crippen molar-refractivity contribution in [3.8, 4) is 28.6 Å². The predicted octanol–water partition coefficient (Wildman–Crippen LogP) is 4.24. The number of rotatable bonds is 6. The standard InChI is InChI=1S/C25H21N3O3/c29-23(15-18-7-3-1-4-8-18)28-16-22(17-28)30-21-13-11-20(12-14-21)25-26-24(27-31-25)19-9-5-2-6-10-19/h1-14,22H,15-17H2. The van der Waals surface area contributed by atoms with Crippen molar-refractivity contribution in [2.75, 3.05) is 13.1 Å². The second-order valence-electron chi connectivity index (χ2n) is 7.51. The highest BCUT2D eigenvalue weighted by Gasteiger charge is 2.32. The van der Waals surface area contributed by atoms with Crippen molar-refractivity contribution in [2.24, 2.45) is 0 Å². The van der Waals surface area contributed by atoms with E-state index in [1.165, 1.54) is 0 Å². The van der Waals surface area contributed by atoms with Crippen molar-refractivity contribution in [1.29, 1.82) is 0 Å². The molecule has 6 nitrogen and oxygen atoms in total. The summed E-state index contributed by atoms with van der Waals surface area (Å²) in [6.45, 7) is 1.22. The van der Waals surface area contributed by atoms with Gasteiger partial charge < -0.3 is 14.2 Å². The lowest BCUT2D eigenvalue weighted by Gasteiger charge is -2.39. The number of amides is 1. The van der Waals surface area contributed by atoms with Crippen molar-refractivity contribution in [3.63, 3.8) is 0 Å². The highest BCUT2D eigenvalue weighted by molar-refractivity contribution is 5.79. The summed E-state index contributed by atoms with van der Waals surface area (Å²) in [5.41, 5.74) is 2.77. The van der Waals surface area contributed by atoms with Crippen molar-refractivity contribution in [2.45, 2.75) is 12.5 Å². The summed E-state index contributed by atoms with van der Waals surface area (Å²) in [6.07, 6.45) is 0.441. The van der Waals surface area contributed by atoms with Crippen LogP contribution < -0.4 is 4.74 Å². The van der Waals surface area contributed by atoms with Crippen molar-refractivity contribution in [1.82, 2.24) is 15.0 Å². The van der Waals surface area contributed by atoms with Crippen molar-refractivity contribution in [3.05, 3.63) is 90.5 Å². The van der Waals surface area contributed by atoms with E-state index in [0.717, 1.165) is 22.4 Å². The van der Waals surface area contributed by atoms with Crippen LogP contribution in [0.3, 0.4) is 0 Å². The average molecular weight is 411 g/mol. The molecule has 1 saturated heterocycles. The fraction of sp³-hybridized carbons (Fsp3) is 0.160. The Kier molecular flexibility index (Phi) is 5.19. The van der Waals surface area contributed by atoms with Gasteiger partial charge in [0, 0.05) is 11.1 Å². The Labute approximate surface area is 180 Å². The molecule has 154 valence electrons. The normalized spacial score (nSPS) is 13.6. The van der Waals surface area contributed by atoms with E-state index < -0.39 is 0 Å². The number of carbonyl (C=O) groups excluding carboxylic acids is 1. The first-order valence-corrected chi connectivity index (χ1v) is 10.2. The van der Waals surface area contributed by atoms with Gasteiger partial charge in [-0.25, -0.2) is 0 Å². The SMILES string of the molecule is O=C(Cc1ccccc1)N1CC(Oc2ccc(-c3nc(-c4ccccc4)no3)cc2)C1. The Morgan fingerprint density at radius 3 is 2.29 bits per heavy atom. The van der Waals surface area contributed by atoms with Gasteiger partial charge in [-0.2, -0.15) is 4.98 Å². The van der Waals surface area contributed by atoms with Gasteiger partial charge in [-0.1, -0.05) is 65.8 Å². The first-order chi connectivity index (χ1) is 15.2. The van der Waals surface area contributed by atoms with Crippen LogP contribution in [0.5, 0.6) is 5.75 Å². The second-order valence-corrected chi connectivity index (χ2v) is 7.51. The number of benzene rings is 3. The van der Waals surface area contributed by atoms with E-state index in [1.54, 1.807) is 0 Å². The molecule has 4 aromatic rings. The van der Waals surface area contributed by atoms with Crippen molar-refractivity contribution >= 4 is 5.91 Å². The Balaban J connectivity index is 1.15. The number of hydrogen-bond donors (Lipinski definition) is 0. The van der Waals surface area contributed by atoms with E-state index in [4.69, 9.17) is 9.26 Å². The van der Waals surface area contributed by atoms with Crippen LogP contribution >= 0.6 is 0 Å². The van der Waals surface area contributed by atoms with Crippen LogP contribution in [0.4, 0.5) is 0 Å². The summed E-state index contributed by atoms with van der Waals surface area (Å²) in [5, 5.41) is 4.06. The number of ether oxygens (including phenoxy) is 1. The third kappa shape index (κ3) is 4.33. The van der Waals surface area contributed by atoms with Crippen LogP contribution in [0, 0.1) is 0 Å². The highest BCUT2D eigenvalue weighted by atomic mass is 16.5. The first-order valence-electron chi connectivity index (χ1n) is 10.2. The molecule has 1 amide bonds. The van der Waals surface area contributed by atoms with Gasteiger partial charge >= 0.3 is 0 Å². The van der Waals surface area contributed by atoms with Gasteiger partial charge in [0.15, 0.2) is 0 Å². The monoisotopic (exact) mass is 411 g/mol. The van der Waals surface area contributed by atoms with Gasteiger partial charge in [-0.15, -0.1) is 0 Å². The molecule has 0 bridgehead atoms. The summed E-state index contributed by atoms with van der Waals surface area (Å²) in [6, 6.07) is 27.1. The molecule has 5 rings (SSSR count). The lowest BCUT2D eigenvalue weighted by Crippen LogP contribution is -2.56. The topological polar surface area (TPSA) is 68.5 Å². The molecule has 1 fully saturated rings. The Bertz CT molecular complexity index is 1150. The molecule has 0 radical (unpaired) electrons. The number of hydrogen-bond acceptors (Lipinski definition) is 5. The minimum Gasteiger partial charge on any atom is -0.487 e. The van der Waals surface area contributed by atoms with E-state index in [1.807, 2.05) is 89.8 Å². The van der Waals surface area contributed by atoms with Gasteiger partial charge in [-0.05, 0) is 29.8 Å². The average Bonchev–Trinajstić information content (AvgIpc) is 3.28. The molecule has 0 saturated carbocycles. The number of carbonyl (C=O) groups is 1. The Morgan fingerprint density at radius 1 is 0.903 bits per heavy atom. The highest BCUT2D eigenvalue weighted by Crippen LogP contribution is 2.25. The fourth-order valence-corrected chi connectivity index (χ4v) is 3.51. The summed E-state index contributed by atoms with van der Waals surface area (Å²) in [5.74, 6) is 1.91. The smallest absolute Gasteiger partial charge is 0.258 e. The zero-order chi connectivity index (χ0) is 21.0. The molecule has 0 aliphatic carbocycles. The Morgan fingerprint density at radius 2 is 1.58 bits per heavy atom. The van der Waals surface area contributed by atoms with Gasteiger partial charge in [0.25, 0.3) is 5.89 Å². The lowest BCUT2D eigenvalue weighted by molar-refractivity contribution is -0.139. The quantitative estimate of drug-likeness (QED) is 0.475. The first kappa shape index (κ1) is 19.1. The molecule has 1 aliphatic heterocycles. The van der Waals surface area contributed by atoms with Crippen LogP contribution in [-0.4, -0.2) is 40.1 Å². The third-order valence-corrected chi connectivity index (χ3v) is 5.26. The van der Waals surface area contributed by atoms with E-state index in [-0.39, 0.29) is 12.0 Å². The summed E-state index contributed by atoms with van der Waals surface area (Å²) < 4.78 is 11.4. The molecule has 1 aliphatic rings. The molecule has 0 atom stereocenters. The number of nitrogens with zero attached hydrogens (tertiary/aromatic N) is 3. The van der Waals surface area contributed by atoms with E-state index >= 15 is 0 Å². The molecule has 0 spiro atoms. The minimum atomic E-state index is 0.0126. The number of aromatic nitrogens is 2. The number of likely N-dealkylation sites (tertiary alicyclic amines) is 1. The molecule has 3 aromatic carbocycles. The van der Waals surface area contributed by atoms with Gasteiger partial charge in [0.1, 0.15) is 11.9 Å². The fourth-order valence-electron chi connectivity index (χ4n) is 3.51. The predicted molar refractivity (Wildman–Crippen MR) is 116 cm³/mol. The molecule has 0 N–H and O–H groups in total. The molecule has 0 unspecified atom stereocenters. The third-order valence-electron chi connectivity index (χ3n) is 5.26. The van der Waals surface area contributed by atoms with Crippen LogP contribution in [0.1, 0.15) is 5.56 Å². The molecule has 6 heteroatoms. The molecule has 2 heterocycles. The van der Waals surface area contributed by atoms with Gasteiger partial charge in [0.05, 0.1) is 19.5 Å². The summed E-state index contributed by atoms with van der Waals surface area (Å²) in [4.78, 5) is 18.6. The molecule has 31 heavy (non-hydrogen) atoms. The maximum Gasteiger partial charge on any atom is 0.258 e. The maximum absolute atomic E-state index is 12.3. The molecular weight excluding hydrogens is 390 g/mol. The van der Waals surface area contributed by atoms with E-state index in [9.17, 15) is 4.79 Å². The zero-order valence-electron chi connectivity index (χ0n) is 16.8. The van der Waals surface area contributed by atoms with Crippen LogP contribution in [-0.2, 0) is 11.2 Å². The Hall–Kier alpha value is -3.93. The maximum atomic E-state index is 12.3. The van der Waals surface area contributed by atoms with Crippen LogP contribution in [0.15, 0.2) is 89.5 Å². The second kappa shape index (κ2) is 8.44. The van der Waals surface area contributed by atoms with Crippen molar-refractivity contribution < 1.29 is 14.1 Å². The van der Waals surface area contributed by atoms with Crippen LogP contribution in [0.25, 0.3) is 22.8 Å². The lowest BCUT2D eigenvalue weighted by atomic mass is 10.1. The zero-order valence-corrected chi connectivity index (χ0v) is 16.8. The van der Waals surface area contributed by atoms with Gasteiger partial charge in [0.2, 0.25) is 11.7 Å². The van der Waals surface area contributed by atoms with E-state index in [0.29, 0.717) is 31.2 Å². The minimum absolute atomic E-state index is 0.0126. The molecular formula is C25H21N3O3. The molecule has 1 aromatic heterocycles. The largest absolute Gasteiger partial charge is 0.487 e.